The third-order valence-corrected chi connectivity index (χ3v) is 4.21. The van der Waals surface area contributed by atoms with Crippen molar-refractivity contribution < 1.29 is 4.79 Å². The van der Waals surface area contributed by atoms with Crippen molar-refractivity contribution in [1.82, 2.24) is 0 Å². The fourth-order valence-corrected chi connectivity index (χ4v) is 2.88. The maximum absolute atomic E-state index is 11.4. The summed E-state index contributed by atoms with van der Waals surface area (Å²) in [5, 5.41) is 0. The molecule has 1 aliphatic carbocycles. The van der Waals surface area contributed by atoms with Gasteiger partial charge in [0.1, 0.15) is 6.29 Å². The van der Waals surface area contributed by atoms with Crippen LogP contribution < -0.4 is 0 Å². The summed E-state index contributed by atoms with van der Waals surface area (Å²) < 4.78 is 0. The van der Waals surface area contributed by atoms with Gasteiger partial charge in [-0.15, -0.1) is 0 Å². The van der Waals surface area contributed by atoms with Crippen molar-refractivity contribution in [1.29, 1.82) is 0 Å². The van der Waals surface area contributed by atoms with Gasteiger partial charge >= 0.3 is 0 Å². The number of aldehydes is 1. The van der Waals surface area contributed by atoms with Gasteiger partial charge in [0.25, 0.3) is 0 Å². The van der Waals surface area contributed by atoms with Gasteiger partial charge < -0.3 is 0 Å². The average Bonchev–Trinajstić information content (AvgIpc) is 2.37. The van der Waals surface area contributed by atoms with Gasteiger partial charge in [-0.2, -0.15) is 0 Å². The fraction of sp³-hybridized carbons (Fsp3) is 0.550. The minimum absolute atomic E-state index is 0.00274. The van der Waals surface area contributed by atoms with Crippen molar-refractivity contribution >= 4 is 6.29 Å². The van der Waals surface area contributed by atoms with Gasteiger partial charge in [0, 0.05) is 0 Å². The van der Waals surface area contributed by atoms with Gasteiger partial charge in [-0.3, -0.25) is 4.79 Å². The van der Waals surface area contributed by atoms with Crippen LogP contribution in [-0.4, -0.2) is 6.29 Å². The molecule has 0 heterocycles. The molecule has 1 rings (SSSR count). The number of rotatable bonds is 7. The highest BCUT2D eigenvalue weighted by Gasteiger charge is 2.30. The smallest absolute Gasteiger partial charge is 0.146 e. The zero-order chi connectivity index (χ0) is 15.9. The molecule has 0 N–H and O–H groups in total. The van der Waals surface area contributed by atoms with Crippen LogP contribution in [0.1, 0.15) is 66.7 Å². The van der Waals surface area contributed by atoms with E-state index in [4.69, 9.17) is 0 Å². The second kappa shape index (κ2) is 8.17. The highest BCUT2D eigenvalue weighted by Crippen LogP contribution is 2.41. The third-order valence-electron chi connectivity index (χ3n) is 4.21. The van der Waals surface area contributed by atoms with Gasteiger partial charge in [-0.05, 0) is 70.8 Å². The Bertz CT molecular complexity index is 480. The predicted octanol–water partition coefficient (Wildman–Crippen LogP) is 5.94. The van der Waals surface area contributed by atoms with Gasteiger partial charge in [0.15, 0.2) is 0 Å². The Morgan fingerprint density at radius 3 is 2.29 bits per heavy atom. The summed E-state index contributed by atoms with van der Waals surface area (Å²) >= 11 is 0. The zero-order valence-corrected chi connectivity index (χ0v) is 14.3. The Kier molecular flexibility index (Phi) is 6.87. The van der Waals surface area contributed by atoms with Crippen LogP contribution in [0.15, 0.2) is 46.6 Å². The minimum atomic E-state index is 0.00274. The van der Waals surface area contributed by atoms with Crippen LogP contribution in [-0.2, 0) is 4.79 Å². The van der Waals surface area contributed by atoms with Crippen molar-refractivity contribution in [3.63, 3.8) is 0 Å². The fourth-order valence-electron chi connectivity index (χ4n) is 2.88. The number of allylic oxidation sites excluding steroid dienone is 8. The molecule has 21 heavy (non-hydrogen) atoms. The first-order chi connectivity index (χ1) is 9.87. The van der Waals surface area contributed by atoms with E-state index in [1.54, 1.807) is 0 Å². The number of carbonyl (C=O) groups is 1. The molecule has 0 spiro atoms. The molecule has 1 aliphatic rings. The minimum Gasteiger partial charge on any atom is -0.298 e. The summed E-state index contributed by atoms with van der Waals surface area (Å²) in [5.74, 6) is 0. The Morgan fingerprint density at radius 1 is 1.10 bits per heavy atom. The number of carbonyl (C=O) groups excluding carboxylic acids is 1. The molecule has 0 amide bonds. The van der Waals surface area contributed by atoms with Gasteiger partial charge in [0.2, 0.25) is 0 Å². The first kappa shape index (κ1) is 17.7. The average molecular weight is 286 g/mol. The lowest BCUT2D eigenvalue weighted by molar-refractivity contribution is -0.105. The summed E-state index contributed by atoms with van der Waals surface area (Å²) in [6.45, 7) is 10.8. The van der Waals surface area contributed by atoms with E-state index in [2.05, 4.69) is 52.8 Å². The summed E-state index contributed by atoms with van der Waals surface area (Å²) in [6.07, 6.45) is 15.1. The maximum atomic E-state index is 11.4. The van der Waals surface area contributed by atoms with Crippen LogP contribution in [0.2, 0.25) is 0 Å². The van der Waals surface area contributed by atoms with E-state index >= 15 is 0 Å². The van der Waals surface area contributed by atoms with E-state index in [9.17, 15) is 4.79 Å². The highest BCUT2D eigenvalue weighted by molar-refractivity contribution is 5.76. The number of hydrogen-bond acceptors (Lipinski definition) is 1. The quantitative estimate of drug-likeness (QED) is 0.418. The highest BCUT2D eigenvalue weighted by atomic mass is 16.1. The van der Waals surface area contributed by atoms with E-state index in [-0.39, 0.29) is 5.41 Å². The molecular formula is C20H30O. The number of hydrogen-bond donors (Lipinski definition) is 0. The van der Waals surface area contributed by atoms with Crippen LogP contribution in [0.3, 0.4) is 0 Å². The molecule has 0 saturated heterocycles. The molecule has 0 aromatic rings. The maximum Gasteiger partial charge on any atom is 0.146 e. The van der Waals surface area contributed by atoms with Crippen molar-refractivity contribution in [3.05, 3.63) is 46.6 Å². The van der Waals surface area contributed by atoms with E-state index in [0.717, 1.165) is 44.0 Å². The SMILES string of the molecule is CC(C)=CCCC1=CC=C(C=O)[C@](C)(CCC=C(C)C)C1. The summed E-state index contributed by atoms with van der Waals surface area (Å²) in [7, 11) is 0. The third kappa shape index (κ3) is 5.87. The van der Waals surface area contributed by atoms with Gasteiger partial charge in [-0.25, -0.2) is 0 Å². The lowest BCUT2D eigenvalue weighted by Crippen LogP contribution is -2.23. The Labute approximate surface area is 130 Å². The van der Waals surface area contributed by atoms with Crippen LogP contribution in [0, 0.1) is 5.41 Å². The Balaban J connectivity index is 2.74. The lowest BCUT2D eigenvalue weighted by Gasteiger charge is -2.33. The topological polar surface area (TPSA) is 17.1 Å². The van der Waals surface area contributed by atoms with E-state index in [1.165, 1.54) is 16.7 Å². The molecule has 0 saturated carbocycles. The van der Waals surface area contributed by atoms with Crippen molar-refractivity contribution in [2.45, 2.75) is 66.7 Å². The zero-order valence-electron chi connectivity index (χ0n) is 14.3. The van der Waals surface area contributed by atoms with Crippen molar-refractivity contribution in [2.24, 2.45) is 5.41 Å². The molecule has 0 bridgehead atoms. The summed E-state index contributed by atoms with van der Waals surface area (Å²) in [6, 6.07) is 0. The molecule has 0 aliphatic heterocycles. The molecule has 1 atom stereocenters. The van der Waals surface area contributed by atoms with E-state index in [1.807, 2.05) is 6.08 Å². The van der Waals surface area contributed by atoms with E-state index < -0.39 is 0 Å². The van der Waals surface area contributed by atoms with E-state index in [0.29, 0.717) is 0 Å². The Hall–Kier alpha value is -1.37. The monoisotopic (exact) mass is 286 g/mol. The van der Waals surface area contributed by atoms with Crippen LogP contribution in [0.5, 0.6) is 0 Å². The largest absolute Gasteiger partial charge is 0.298 e. The molecule has 116 valence electrons. The van der Waals surface area contributed by atoms with Crippen molar-refractivity contribution in [3.8, 4) is 0 Å². The van der Waals surface area contributed by atoms with Gasteiger partial charge in [0.05, 0.1) is 0 Å². The van der Waals surface area contributed by atoms with Crippen LogP contribution in [0.25, 0.3) is 0 Å². The Morgan fingerprint density at radius 2 is 1.71 bits per heavy atom. The molecule has 0 radical (unpaired) electrons. The predicted molar refractivity (Wildman–Crippen MR) is 92.3 cm³/mol. The molecule has 0 fully saturated rings. The van der Waals surface area contributed by atoms with Gasteiger partial charge in [-0.1, -0.05) is 47.9 Å². The van der Waals surface area contributed by atoms with Crippen LogP contribution in [0.4, 0.5) is 0 Å². The molecule has 1 nitrogen and oxygen atoms in total. The normalized spacial score (nSPS) is 21.2. The molecule has 1 heteroatoms. The molecular weight excluding hydrogens is 256 g/mol. The second-order valence-corrected chi connectivity index (χ2v) is 6.94. The summed E-state index contributed by atoms with van der Waals surface area (Å²) in [4.78, 5) is 11.4. The molecule has 0 aromatic carbocycles. The van der Waals surface area contributed by atoms with Crippen LogP contribution >= 0.6 is 0 Å². The second-order valence-electron chi connectivity index (χ2n) is 6.94. The first-order valence-corrected chi connectivity index (χ1v) is 7.99. The summed E-state index contributed by atoms with van der Waals surface area (Å²) in [5.41, 5.74) is 5.16. The standard InChI is InChI=1S/C20H30O/c1-16(2)8-6-10-18-11-12-19(15-21)20(5,14-18)13-7-9-17(3)4/h8-9,11-12,15H,6-7,10,13-14H2,1-5H3/t20-/m1/s1. The van der Waals surface area contributed by atoms with Crippen molar-refractivity contribution in [2.75, 3.05) is 0 Å². The molecule has 0 aromatic heterocycles. The first-order valence-electron chi connectivity index (χ1n) is 7.99. The molecule has 0 unspecified atom stereocenters. The lowest BCUT2D eigenvalue weighted by atomic mass is 9.70.